The highest BCUT2D eigenvalue weighted by atomic mass is 16.6. The van der Waals surface area contributed by atoms with Crippen molar-refractivity contribution >= 4 is 12.0 Å². The van der Waals surface area contributed by atoms with Crippen LogP contribution in [0, 0.1) is 0 Å². The molecule has 0 aliphatic heterocycles. The van der Waals surface area contributed by atoms with Crippen molar-refractivity contribution in [1.29, 1.82) is 0 Å². The van der Waals surface area contributed by atoms with Crippen LogP contribution in [0.25, 0.3) is 6.08 Å². The summed E-state index contributed by atoms with van der Waals surface area (Å²) < 4.78 is 5.46. The van der Waals surface area contributed by atoms with Crippen molar-refractivity contribution in [3.63, 3.8) is 0 Å². The van der Waals surface area contributed by atoms with Gasteiger partial charge in [-0.05, 0) is 45.2 Å². The smallest absolute Gasteiger partial charge is 0.339 e. The standard InChI is InChI=1S/C20H30O2/c1-5-6-7-8-9-10-11-14-17-15-12-13-16-18(17)19(21)22-20(2,3)4/h11-16H,5-10H2,1-4H3/b14-11+. The molecule has 2 nitrogen and oxygen atoms in total. The summed E-state index contributed by atoms with van der Waals surface area (Å²) >= 11 is 0. The van der Waals surface area contributed by atoms with Gasteiger partial charge in [-0.25, -0.2) is 4.79 Å². The van der Waals surface area contributed by atoms with Crippen molar-refractivity contribution in [3.8, 4) is 0 Å². The lowest BCUT2D eigenvalue weighted by Gasteiger charge is -2.20. The van der Waals surface area contributed by atoms with E-state index in [0.29, 0.717) is 5.56 Å². The monoisotopic (exact) mass is 302 g/mol. The van der Waals surface area contributed by atoms with E-state index in [2.05, 4.69) is 13.0 Å². The van der Waals surface area contributed by atoms with E-state index in [-0.39, 0.29) is 5.97 Å². The Kier molecular flexibility index (Phi) is 7.94. The van der Waals surface area contributed by atoms with Crippen LogP contribution in [0.5, 0.6) is 0 Å². The molecule has 0 saturated carbocycles. The molecule has 0 aliphatic rings. The molecule has 0 saturated heterocycles. The summed E-state index contributed by atoms with van der Waals surface area (Å²) in [6.45, 7) is 7.90. The predicted octanol–water partition coefficient (Wildman–Crippen LogP) is 6.02. The van der Waals surface area contributed by atoms with E-state index in [0.717, 1.165) is 12.0 Å². The second-order valence-electron chi connectivity index (χ2n) is 6.69. The Morgan fingerprint density at radius 3 is 2.45 bits per heavy atom. The van der Waals surface area contributed by atoms with Gasteiger partial charge in [0.15, 0.2) is 0 Å². The number of benzene rings is 1. The second-order valence-corrected chi connectivity index (χ2v) is 6.69. The zero-order valence-electron chi connectivity index (χ0n) is 14.5. The van der Waals surface area contributed by atoms with E-state index in [4.69, 9.17) is 4.74 Å². The van der Waals surface area contributed by atoms with Gasteiger partial charge in [0.05, 0.1) is 5.56 Å². The van der Waals surface area contributed by atoms with Crippen LogP contribution in [0.2, 0.25) is 0 Å². The topological polar surface area (TPSA) is 26.3 Å². The number of ether oxygens (including phenoxy) is 1. The highest BCUT2D eigenvalue weighted by Gasteiger charge is 2.19. The number of hydrogen-bond donors (Lipinski definition) is 0. The average Bonchev–Trinajstić information content (AvgIpc) is 2.45. The van der Waals surface area contributed by atoms with Gasteiger partial charge in [-0.1, -0.05) is 63.0 Å². The van der Waals surface area contributed by atoms with Crippen molar-refractivity contribution < 1.29 is 9.53 Å². The molecule has 0 fully saturated rings. The first-order valence-corrected chi connectivity index (χ1v) is 8.43. The summed E-state index contributed by atoms with van der Waals surface area (Å²) in [4.78, 5) is 12.2. The number of hydrogen-bond acceptors (Lipinski definition) is 2. The Balaban J connectivity index is 2.58. The number of esters is 1. The first-order valence-electron chi connectivity index (χ1n) is 8.43. The normalized spacial score (nSPS) is 11.8. The summed E-state index contributed by atoms with van der Waals surface area (Å²) in [7, 11) is 0. The van der Waals surface area contributed by atoms with Gasteiger partial charge in [-0.2, -0.15) is 0 Å². The van der Waals surface area contributed by atoms with Gasteiger partial charge >= 0.3 is 5.97 Å². The SMILES string of the molecule is CCCCCCC/C=C/c1ccccc1C(=O)OC(C)(C)C. The van der Waals surface area contributed by atoms with Crippen molar-refractivity contribution in [2.75, 3.05) is 0 Å². The zero-order valence-corrected chi connectivity index (χ0v) is 14.5. The molecule has 0 unspecified atom stereocenters. The Morgan fingerprint density at radius 1 is 1.09 bits per heavy atom. The summed E-state index contributed by atoms with van der Waals surface area (Å²) in [6, 6.07) is 7.62. The van der Waals surface area contributed by atoms with Crippen molar-refractivity contribution in [1.82, 2.24) is 0 Å². The molecule has 1 aromatic rings. The largest absolute Gasteiger partial charge is 0.456 e. The molecule has 122 valence electrons. The molecule has 0 N–H and O–H groups in total. The molecular weight excluding hydrogens is 272 g/mol. The average molecular weight is 302 g/mol. The van der Waals surface area contributed by atoms with Gasteiger partial charge in [-0.15, -0.1) is 0 Å². The number of carbonyl (C=O) groups excluding carboxylic acids is 1. The molecule has 2 heteroatoms. The molecule has 0 amide bonds. The first kappa shape index (κ1) is 18.5. The van der Waals surface area contributed by atoms with Crippen LogP contribution in [-0.4, -0.2) is 11.6 Å². The van der Waals surface area contributed by atoms with E-state index >= 15 is 0 Å². The molecule has 0 radical (unpaired) electrons. The lowest BCUT2D eigenvalue weighted by Crippen LogP contribution is -2.24. The fourth-order valence-electron chi connectivity index (χ4n) is 2.24. The number of carbonyl (C=O) groups is 1. The minimum Gasteiger partial charge on any atom is -0.456 e. The van der Waals surface area contributed by atoms with Crippen LogP contribution in [0.3, 0.4) is 0 Å². The Bertz CT molecular complexity index is 481. The van der Waals surface area contributed by atoms with Crippen LogP contribution >= 0.6 is 0 Å². The Labute approximate surface area is 135 Å². The molecule has 1 aromatic carbocycles. The van der Waals surface area contributed by atoms with E-state index in [1.165, 1.54) is 32.1 Å². The fraction of sp³-hybridized carbons (Fsp3) is 0.550. The van der Waals surface area contributed by atoms with Gasteiger partial charge in [0, 0.05) is 0 Å². The Hall–Kier alpha value is -1.57. The van der Waals surface area contributed by atoms with Crippen LogP contribution < -0.4 is 0 Å². The lowest BCUT2D eigenvalue weighted by atomic mass is 10.1. The number of unbranched alkanes of at least 4 members (excludes halogenated alkanes) is 5. The molecule has 0 atom stereocenters. The van der Waals surface area contributed by atoms with Crippen molar-refractivity contribution in [2.45, 2.75) is 71.8 Å². The third-order valence-corrected chi connectivity index (χ3v) is 3.35. The van der Waals surface area contributed by atoms with Gasteiger partial charge in [0.2, 0.25) is 0 Å². The van der Waals surface area contributed by atoms with Crippen LogP contribution in [-0.2, 0) is 4.74 Å². The summed E-state index contributed by atoms with van der Waals surface area (Å²) in [6.07, 6.45) is 11.7. The summed E-state index contributed by atoms with van der Waals surface area (Å²) in [5.74, 6) is -0.254. The molecule has 0 heterocycles. The van der Waals surface area contributed by atoms with Crippen LogP contribution in [0.1, 0.15) is 82.1 Å². The molecule has 0 bridgehead atoms. The van der Waals surface area contributed by atoms with Gasteiger partial charge < -0.3 is 4.74 Å². The quantitative estimate of drug-likeness (QED) is 0.434. The van der Waals surface area contributed by atoms with E-state index < -0.39 is 5.60 Å². The maximum Gasteiger partial charge on any atom is 0.339 e. The highest BCUT2D eigenvalue weighted by Crippen LogP contribution is 2.17. The summed E-state index contributed by atoms with van der Waals surface area (Å²) in [5.41, 5.74) is 1.11. The number of rotatable bonds is 8. The van der Waals surface area contributed by atoms with Crippen LogP contribution in [0.15, 0.2) is 30.3 Å². The first-order chi connectivity index (χ1) is 10.4. The number of allylic oxidation sites excluding steroid dienone is 1. The molecule has 0 aliphatic carbocycles. The van der Waals surface area contributed by atoms with Gasteiger partial charge in [0.1, 0.15) is 5.60 Å². The molecule has 1 rings (SSSR count). The minimum atomic E-state index is -0.465. The third-order valence-electron chi connectivity index (χ3n) is 3.35. The lowest BCUT2D eigenvalue weighted by molar-refractivity contribution is 0.00693. The predicted molar refractivity (Wildman–Crippen MR) is 94.0 cm³/mol. The van der Waals surface area contributed by atoms with E-state index in [9.17, 15) is 4.79 Å². The highest BCUT2D eigenvalue weighted by molar-refractivity contribution is 5.93. The Morgan fingerprint density at radius 2 is 1.77 bits per heavy atom. The van der Waals surface area contributed by atoms with Crippen molar-refractivity contribution in [2.24, 2.45) is 0 Å². The summed E-state index contributed by atoms with van der Waals surface area (Å²) in [5, 5.41) is 0. The van der Waals surface area contributed by atoms with E-state index in [1.54, 1.807) is 0 Å². The van der Waals surface area contributed by atoms with Crippen LogP contribution in [0.4, 0.5) is 0 Å². The molecule has 22 heavy (non-hydrogen) atoms. The van der Waals surface area contributed by atoms with Gasteiger partial charge in [-0.3, -0.25) is 0 Å². The fourth-order valence-corrected chi connectivity index (χ4v) is 2.24. The maximum atomic E-state index is 12.2. The minimum absolute atomic E-state index is 0.254. The molecular formula is C20H30O2. The third kappa shape index (κ3) is 7.44. The maximum absolute atomic E-state index is 12.2. The van der Waals surface area contributed by atoms with E-state index in [1.807, 2.05) is 51.1 Å². The van der Waals surface area contributed by atoms with Gasteiger partial charge in [0.25, 0.3) is 0 Å². The molecule has 0 aromatic heterocycles. The van der Waals surface area contributed by atoms with Crippen molar-refractivity contribution in [3.05, 3.63) is 41.5 Å². The zero-order chi connectivity index (χ0) is 16.4. The molecule has 0 spiro atoms. The second kappa shape index (κ2) is 9.45.